The lowest BCUT2D eigenvalue weighted by molar-refractivity contribution is 0.0394. The van der Waals surface area contributed by atoms with Gasteiger partial charge in [0, 0.05) is 5.92 Å². The molecule has 2 aromatic rings. The van der Waals surface area contributed by atoms with E-state index in [4.69, 9.17) is 18.9 Å². The quantitative estimate of drug-likeness (QED) is 0.372. The molecule has 2 fully saturated rings. The minimum atomic E-state index is 0.143. The number of ether oxygens (including phenoxy) is 4. The van der Waals surface area contributed by atoms with Crippen LogP contribution < -0.4 is 0 Å². The molecular formula is C27H36O4. The molecule has 0 radical (unpaired) electrons. The molecule has 0 bridgehead atoms. The van der Waals surface area contributed by atoms with Gasteiger partial charge in [0.1, 0.15) is 12.2 Å². The highest BCUT2D eigenvalue weighted by Gasteiger charge is 2.25. The molecule has 0 N–H and O–H groups in total. The third-order valence-electron chi connectivity index (χ3n) is 6.34. The van der Waals surface area contributed by atoms with Gasteiger partial charge in [-0.25, -0.2) is 0 Å². The van der Waals surface area contributed by atoms with E-state index < -0.39 is 0 Å². The van der Waals surface area contributed by atoms with E-state index in [0.29, 0.717) is 31.3 Å². The van der Waals surface area contributed by atoms with Gasteiger partial charge in [-0.2, -0.15) is 0 Å². The predicted molar refractivity (Wildman–Crippen MR) is 122 cm³/mol. The molecular weight excluding hydrogens is 388 g/mol. The van der Waals surface area contributed by atoms with E-state index in [1.807, 2.05) is 0 Å². The van der Waals surface area contributed by atoms with E-state index in [1.165, 1.54) is 22.3 Å². The summed E-state index contributed by atoms with van der Waals surface area (Å²) < 4.78 is 22.6. The van der Waals surface area contributed by atoms with Crippen LogP contribution in [0.5, 0.6) is 0 Å². The van der Waals surface area contributed by atoms with E-state index in [9.17, 15) is 0 Å². The van der Waals surface area contributed by atoms with Crippen molar-refractivity contribution >= 4 is 0 Å². The molecule has 2 saturated heterocycles. The average Bonchev–Trinajstić information content (AvgIpc) is 3.72. The Balaban J connectivity index is 1.41. The zero-order chi connectivity index (χ0) is 21.6. The van der Waals surface area contributed by atoms with Crippen LogP contribution in [0.2, 0.25) is 0 Å². The maximum atomic E-state index is 6.05. The second-order valence-corrected chi connectivity index (χ2v) is 8.67. The molecule has 0 spiro atoms. The normalized spacial score (nSPS) is 22.7. The monoisotopic (exact) mass is 424 g/mol. The summed E-state index contributed by atoms with van der Waals surface area (Å²) in [7, 11) is 0. The summed E-state index contributed by atoms with van der Waals surface area (Å²) in [5.41, 5.74) is 5.21. The van der Waals surface area contributed by atoms with Crippen molar-refractivity contribution in [3.05, 3.63) is 70.8 Å². The van der Waals surface area contributed by atoms with Crippen LogP contribution in [0.4, 0.5) is 0 Å². The van der Waals surface area contributed by atoms with Crippen LogP contribution in [0, 0.1) is 0 Å². The minimum Gasteiger partial charge on any atom is -0.371 e. The van der Waals surface area contributed by atoms with Gasteiger partial charge in [-0.1, -0.05) is 69.3 Å². The average molecular weight is 425 g/mol. The van der Waals surface area contributed by atoms with Gasteiger partial charge in [-0.3, -0.25) is 0 Å². The van der Waals surface area contributed by atoms with E-state index in [2.05, 4.69) is 69.3 Å². The minimum absolute atomic E-state index is 0.143. The van der Waals surface area contributed by atoms with E-state index in [1.54, 1.807) is 0 Å². The topological polar surface area (TPSA) is 43.5 Å². The van der Waals surface area contributed by atoms with Gasteiger partial charge in [-0.05, 0) is 41.5 Å². The van der Waals surface area contributed by atoms with Gasteiger partial charge >= 0.3 is 0 Å². The van der Waals surface area contributed by atoms with E-state index in [-0.39, 0.29) is 12.2 Å². The Labute approximate surface area is 186 Å². The molecule has 0 aliphatic carbocycles. The summed E-state index contributed by atoms with van der Waals surface area (Å²) in [5, 5.41) is 0. The number of benzene rings is 2. The maximum absolute atomic E-state index is 6.05. The van der Waals surface area contributed by atoms with Gasteiger partial charge < -0.3 is 18.9 Å². The summed E-state index contributed by atoms with van der Waals surface area (Å²) in [4.78, 5) is 0. The predicted octanol–water partition coefficient (Wildman–Crippen LogP) is 5.96. The fourth-order valence-corrected chi connectivity index (χ4v) is 4.22. The van der Waals surface area contributed by atoms with Crippen LogP contribution in [0.15, 0.2) is 48.5 Å². The molecule has 4 atom stereocenters. The Morgan fingerprint density at radius 1 is 0.645 bits per heavy atom. The first-order chi connectivity index (χ1) is 15.2. The largest absolute Gasteiger partial charge is 0.371 e. The molecule has 4 unspecified atom stereocenters. The molecule has 2 aliphatic rings. The third-order valence-corrected chi connectivity index (χ3v) is 6.34. The zero-order valence-corrected chi connectivity index (χ0v) is 19.1. The third kappa shape index (κ3) is 6.17. The van der Waals surface area contributed by atoms with Crippen LogP contribution in [0.1, 0.15) is 80.4 Å². The highest BCUT2D eigenvalue weighted by molar-refractivity contribution is 5.36. The zero-order valence-electron chi connectivity index (χ0n) is 19.1. The van der Waals surface area contributed by atoms with Crippen molar-refractivity contribution in [2.45, 2.75) is 70.4 Å². The molecule has 2 aliphatic heterocycles. The van der Waals surface area contributed by atoms with Gasteiger partial charge in [0.05, 0.1) is 38.6 Å². The molecule has 0 aromatic heterocycles. The van der Waals surface area contributed by atoms with Crippen molar-refractivity contribution < 1.29 is 18.9 Å². The highest BCUT2D eigenvalue weighted by Crippen LogP contribution is 2.32. The van der Waals surface area contributed by atoms with Crippen molar-refractivity contribution in [1.82, 2.24) is 0 Å². The number of hydrogen-bond acceptors (Lipinski definition) is 4. The second-order valence-electron chi connectivity index (χ2n) is 8.67. The summed E-state index contributed by atoms with van der Waals surface area (Å²) in [6.07, 6.45) is 3.91. The van der Waals surface area contributed by atoms with Crippen LogP contribution in [0.3, 0.4) is 0 Å². The first-order valence-electron chi connectivity index (χ1n) is 11.9. The van der Waals surface area contributed by atoms with Gasteiger partial charge in [0.2, 0.25) is 0 Å². The molecule has 2 heterocycles. The smallest absolute Gasteiger partial charge is 0.104 e. The maximum Gasteiger partial charge on any atom is 0.104 e. The molecule has 4 nitrogen and oxygen atoms in total. The molecule has 4 rings (SSSR count). The fraction of sp³-hybridized carbons (Fsp3) is 0.556. The SMILES string of the molecule is CCC(OCC1CO1)c1ccc(C(CC)c2ccc(C(CC)OCC3CO3)cc2)cc1. The molecule has 31 heavy (non-hydrogen) atoms. The van der Waals surface area contributed by atoms with Gasteiger partial charge in [0.15, 0.2) is 0 Å². The standard InChI is InChI=1S/C27H36O4/c1-4-25(19-7-11-21(12-8-19)26(5-2)30-17-23-15-28-23)20-9-13-22(14-10-20)27(6-3)31-18-24-16-29-24/h7-14,23-27H,4-6,15-18H2,1-3H3. The summed E-state index contributed by atoms with van der Waals surface area (Å²) in [5.74, 6) is 0.393. The Morgan fingerprint density at radius 3 is 1.29 bits per heavy atom. The van der Waals surface area contributed by atoms with Gasteiger partial charge in [-0.15, -0.1) is 0 Å². The lowest BCUT2D eigenvalue weighted by Crippen LogP contribution is -2.09. The first kappa shape index (κ1) is 22.5. The second kappa shape index (κ2) is 10.7. The van der Waals surface area contributed by atoms with Crippen LogP contribution in [0.25, 0.3) is 0 Å². The van der Waals surface area contributed by atoms with Crippen molar-refractivity contribution in [1.29, 1.82) is 0 Å². The van der Waals surface area contributed by atoms with E-state index >= 15 is 0 Å². The van der Waals surface area contributed by atoms with Gasteiger partial charge in [0.25, 0.3) is 0 Å². The van der Waals surface area contributed by atoms with Crippen LogP contribution in [-0.2, 0) is 18.9 Å². The Hall–Kier alpha value is -1.72. The number of hydrogen-bond donors (Lipinski definition) is 0. The van der Waals surface area contributed by atoms with Crippen LogP contribution in [-0.4, -0.2) is 38.6 Å². The lowest BCUT2D eigenvalue weighted by atomic mass is 9.87. The molecule has 0 amide bonds. The fourth-order valence-electron chi connectivity index (χ4n) is 4.22. The Bertz CT molecular complexity index is 725. The molecule has 4 heteroatoms. The highest BCUT2D eigenvalue weighted by atomic mass is 16.6. The van der Waals surface area contributed by atoms with Crippen molar-refractivity contribution in [2.24, 2.45) is 0 Å². The number of epoxide rings is 2. The summed E-state index contributed by atoms with van der Waals surface area (Å²) >= 11 is 0. The molecule has 0 saturated carbocycles. The molecule has 168 valence electrons. The Morgan fingerprint density at radius 2 is 1.00 bits per heavy atom. The van der Waals surface area contributed by atoms with Crippen LogP contribution >= 0.6 is 0 Å². The van der Waals surface area contributed by atoms with Crippen molar-refractivity contribution in [3.63, 3.8) is 0 Å². The van der Waals surface area contributed by atoms with Crippen molar-refractivity contribution in [3.8, 4) is 0 Å². The Kier molecular flexibility index (Phi) is 7.78. The number of rotatable bonds is 13. The van der Waals surface area contributed by atoms with E-state index in [0.717, 1.165) is 32.5 Å². The van der Waals surface area contributed by atoms with Crippen molar-refractivity contribution in [2.75, 3.05) is 26.4 Å². The lowest BCUT2D eigenvalue weighted by Gasteiger charge is -2.21. The summed E-state index contributed by atoms with van der Waals surface area (Å²) in [6, 6.07) is 18.0. The molecule has 2 aromatic carbocycles. The summed E-state index contributed by atoms with van der Waals surface area (Å²) in [6.45, 7) is 9.68. The first-order valence-corrected chi connectivity index (χ1v) is 11.9.